The molecule has 0 saturated heterocycles. The number of unbranched alkanes of at least 4 members (excludes halogenated alkanes) is 1. The number of esters is 2. The summed E-state index contributed by atoms with van der Waals surface area (Å²) in [5, 5.41) is 33.0. The number of oxime groups is 2. The van der Waals surface area contributed by atoms with Crippen molar-refractivity contribution in [3.63, 3.8) is 0 Å². The lowest BCUT2D eigenvalue weighted by Crippen LogP contribution is -2.11. The van der Waals surface area contributed by atoms with Crippen molar-refractivity contribution in [2.45, 2.75) is 92.0 Å². The van der Waals surface area contributed by atoms with Gasteiger partial charge >= 0.3 is 11.9 Å². The van der Waals surface area contributed by atoms with E-state index >= 15 is 0 Å². The molecule has 0 amide bonds. The fourth-order valence-corrected chi connectivity index (χ4v) is 9.51. The van der Waals surface area contributed by atoms with Crippen molar-refractivity contribution in [3.05, 3.63) is 138 Å². The Kier molecular flexibility index (Phi) is 14.4. The number of fused-ring (bicyclic) bond motifs is 8. The number of nitrogens with zero attached hydrogens (tertiary/aromatic N) is 4. The van der Waals surface area contributed by atoms with Crippen LogP contribution in [0.1, 0.15) is 113 Å². The summed E-state index contributed by atoms with van der Waals surface area (Å²) in [5.74, 6) is -0.338. The Morgan fingerprint density at radius 3 is 1.79 bits per heavy atom. The summed E-state index contributed by atoms with van der Waals surface area (Å²) in [6.07, 6.45) is 5.80. The Morgan fingerprint density at radius 1 is 0.582 bits per heavy atom. The van der Waals surface area contributed by atoms with Crippen molar-refractivity contribution in [3.8, 4) is 5.69 Å². The van der Waals surface area contributed by atoms with Gasteiger partial charge in [0.25, 0.3) is 0 Å². The Balaban J connectivity index is 1.20. The second kappa shape index (κ2) is 20.9. The first kappa shape index (κ1) is 46.3. The molecule has 0 aliphatic carbocycles. The van der Waals surface area contributed by atoms with Gasteiger partial charge in [-0.2, -0.15) is 0 Å². The lowest BCUT2D eigenvalue weighted by molar-refractivity contribution is -0.144. The highest BCUT2D eigenvalue weighted by Crippen LogP contribution is 2.39. The third-order valence-electron chi connectivity index (χ3n) is 13.0. The van der Waals surface area contributed by atoms with Crippen LogP contribution >= 0.6 is 0 Å². The number of para-hydroxylation sites is 1. The van der Waals surface area contributed by atoms with Crippen molar-refractivity contribution in [1.82, 2.24) is 9.13 Å². The largest absolute Gasteiger partial charge is 0.466 e. The molecule has 0 radical (unpaired) electrons. The van der Waals surface area contributed by atoms with Crippen LogP contribution < -0.4 is 0 Å². The lowest BCUT2D eigenvalue weighted by Gasteiger charge is -2.18. The van der Waals surface area contributed by atoms with Crippen LogP contribution in [0.2, 0.25) is 0 Å². The number of ketones is 1. The average molecular weight is 899 g/mol. The number of carbonyl (C=O) groups excluding carboxylic acids is 3. The summed E-state index contributed by atoms with van der Waals surface area (Å²) in [4.78, 5) is 39.5. The minimum absolute atomic E-state index is 0.0864. The highest BCUT2D eigenvalue weighted by molar-refractivity contribution is 6.26. The molecule has 0 saturated carbocycles. The maximum Gasteiger partial charge on any atom is 0.306 e. The maximum absolute atomic E-state index is 14.9. The molecule has 2 heterocycles. The monoisotopic (exact) mass is 898 g/mol. The standard InChI is InChI=1S/C56H58N4O7/c1-5-9-14-36(7-3)35-59-50-27-21-38(48(57-64)25-29-53(61)66-8-4)33-45(50)46-34-47(41-15-10-11-17-43(41)55(46)59)56(63)37-19-23-40(24-20-37)60-51-18-13-12-16-42(51)44-32-39(22-28-52(44)60)49(58-65)26-30-54(62)67-31-6-2/h10-13,15-24,27-28,32-34,36,64-65H,5-9,14,25-26,29-31,35H2,1-4H3. The number of hydrogen-bond acceptors (Lipinski definition) is 9. The van der Waals surface area contributed by atoms with E-state index in [4.69, 9.17) is 9.47 Å². The van der Waals surface area contributed by atoms with Gasteiger partial charge in [-0.25, -0.2) is 0 Å². The molecule has 11 nitrogen and oxygen atoms in total. The maximum atomic E-state index is 14.9. The van der Waals surface area contributed by atoms with Gasteiger partial charge in [-0.05, 0) is 91.7 Å². The van der Waals surface area contributed by atoms with Crippen molar-refractivity contribution >= 4 is 83.5 Å². The molecule has 1 atom stereocenters. The van der Waals surface area contributed by atoms with Crippen LogP contribution in [-0.2, 0) is 25.6 Å². The second-order valence-corrected chi connectivity index (χ2v) is 17.2. The van der Waals surface area contributed by atoms with E-state index in [0.29, 0.717) is 46.2 Å². The van der Waals surface area contributed by atoms with Crippen LogP contribution in [0, 0.1) is 5.92 Å². The Hall–Kier alpha value is -7.27. The number of ether oxygens (including phenoxy) is 2. The number of benzene rings is 6. The Bertz CT molecular complexity index is 3180. The molecule has 0 spiro atoms. The molecule has 0 bridgehead atoms. The minimum atomic E-state index is -0.353. The predicted octanol–water partition coefficient (Wildman–Crippen LogP) is 12.9. The molecule has 8 rings (SSSR count). The van der Waals surface area contributed by atoms with Crippen molar-refractivity contribution in [2.75, 3.05) is 13.2 Å². The van der Waals surface area contributed by atoms with E-state index in [1.807, 2.05) is 97.9 Å². The topological polar surface area (TPSA) is 145 Å². The van der Waals surface area contributed by atoms with Gasteiger partial charge in [0, 0.05) is 79.8 Å². The smallest absolute Gasteiger partial charge is 0.306 e. The summed E-state index contributed by atoms with van der Waals surface area (Å²) in [6.45, 7) is 9.63. The third kappa shape index (κ3) is 9.41. The zero-order valence-corrected chi connectivity index (χ0v) is 38.8. The van der Waals surface area contributed by atoms with Crippen LogP contribution in [0.25, 0.3) is 60.1 Å². The van der Waals surface area contributed by atoms with E-state index in [2.05, 4.69) is 57.6 Å². The van der Waals surface area contributed by atoms with Gasteiger partial charge < -0.3 is 29.0 Å². The molecular formula is C56H58N4O7. The lowest BCUT2D eigenvalue weighted by atomic mass is 9.94. The summed E-state index contributed by atoms with van der Waals surface area (Å²) in [5.41, 5.74) is 8.19. The fraction of sp³-hybridized carbons (Fsp3) is 0.304. The van der Waals surface area contributed by atoms with Crippen molar-refractivity contribution in [2.24, 2.45) is 16.2 Å². The quantitative estimate of drug-likeness (QED) is 0.0255. The van der Waals surface area contributed by atoms with E-state index in [9.17, 15) is 24.8 Å². The number of aromatic nitrogens is 2. The average Bonchev–Trinajstić information content (AvgIpc) is 3.86. The number of carbonyl (C=O) groups is 3. The van der Waals surface area contributed by atoms with E-state index in [1.165, 1.54) is 0 Å². The first-order valence-corrected chi connectivity index (χ1v) is 23.6. The van der Waals surface area contributed by atoms with Gasteiger partial charge in [-0.3, -0.25) is 14.4 Å². The molecule has 2 N–H and O–H groups in total. The van der Waals surface area contributed by atoms with Crippen LogP contribution in [0.15, 0.2) is 126 Å². The number of hydrogen-bond donors (Lipinski definition) is 2. The summed E-state index contributed by atoms with van der Waals surface area (Å²) in [7, 11) is 0. The molecular weight excluding hydrogens is 841 g/mol. The highest BCUT2D eigenvalue weighted by Gasteiger charge is 2.23. The van der Waals surface area contributed by atoms with Gasteiger partial charge in [0.05, 0.1) is 54.0 Å². The zero-order valence-electron chi connectivity index (χ0n) is 38.8. The van der Waals surface area contributed by atoms with E-state index < -0.39 is 0 Å². The summed E-state index contributed by atoms with van der Waals surface area (Å²) in [6, 6.07) is 37.9. The van der Waals surface area contributed by atoms with Crippen LogP contribution in [-0.4, -0.2) is 61.9 Å². The summed E-state index contributed by atoms with van der Waals surface area (Å²) >= 11 is 0. The van der Waals surface area contributed by atoms with Crippen LogP contribution in [0.4, 0.5) is 0 Å². The Morgan fingerprint density at radius 2 is 1.16 bits per heavy atom. The van der Waals surface area contributed by atoms with Crippen LogP contribution in [0.5, 0.6) is 0 Å². The molecule has 0 aliphatic rings. The van der Waals surface area contributed by atoms with Gasteiger partial charge in [0.2, 0.25) is 0 Å². The molecule has 8 aromatic rings. The van der Waals surface area contributed by atoms with Gasteiger partial charge in [0.1, 0.15) is 0 Å². The van der Waals surface area contributed by atoms with E-state index in [-0.39, 0.29) is 50.0 Å². The number of rotatable bonds is 20. The van der Waals surface area contributed by atoms with Crippen molar-refractivity contribution in [1.29, 1.82) is 0 Å². The second-order valence-electron chi connectivity index (χ2n) is 17.2. The van der Waals surface area contributed by atoms with Gasteiger partial charge in [-0.1, -0.05) is 105 Å². The van der Waals surface area contributed by atoms with Crippen LogP contribution in [0.3, 0.4) is 0 Å². The minimum Gasteiger partial charge on any atom is -0.466 e. The molecule has 0 aliphatic heterocycles. The van der Waals surface area contributed by atoms with E-state index in [0.717, 1.165) is 98.7 Å². The summed E-state index contributed by atoms with van der Waals surface area (Å²) < 4.78 is 15.0. The van der Waals surface area contributed by atoms with E-state index in [1.54, 1.807) is 6.92 Å². The molecule has 1 unspecified atom stereocenters. The molecule has 67 heavy (non-hydrogen) atoms. The van der Waals surface area contributed by atoms with Gasteiger partial charge in [0.15, 0.2) is 5.78 Å². The first-order valence-electron chi connectivity index (χ1n) is 23.6. The SMILES string of the molecule is CCCCC(CC)Cn1c2ccc(C(CCC(=O)OCC)=NO)cc2c2cc(C(=O)c3ccc(-n4c5ccccc5c5cc(C(CCC(=O)OCCC)=NO)ccc54)cc3)c3ccccc3c21. The first-order chi connectivity index (χ1) is 32.7. The fourth-order valence-electron chi connectivity index (χ4n) is 9.51. The van der Waals surface area contributed by atoms with Crippen molar-refractivity contribution < 1.29 is 34.3 Å². The Labute approximate surface area is 390 Å². The molecule has 2 aromatic heterocycles. The highest BCUT2D eigenvalue weighted by atomic mass is 16.5. The molecule has 6 aromatic carbocycles. The third-order valence-corrected chi connectivity index (χ3v) is 13.0. The molecule has 11 heteroatoms. The molecule has 0 fully saturated rings. The normalized spacial score (nSPS) is 12.7. The zero-order chi connectivity index (χ0) is 47.0. The van der Waals surface area contributed by atoms with Gasteiger partial charge in [-0.15, -0.1) is 0 Å². The molecule has 344 valence electrons. The predicted molar refractivity (Wildman–Crippen MR) is 267 cm³/mol.